The summed E-state index contributed by atoms with van der Waals surface area (Å²) in [5.41, 5.74) is 0. The Kier molecular flexibility index (Phi) is 73.4. The molecule has 0 fully saturated rings. The van der Waals surface area contributed by atoms with Crippen LogP contribution in [0.15, 0.2) is 0 Å². The fourth-order valence-corrected chi connectivity index (χ4v) is 14.8. The molecule has 105 heavy (non-hydrogen) atoms. The first-order chi connectivity index (χ1) is 50.7. The van der Waals surface area contributed by atoms with Gasteiger partial charge < -0.3 is 33.8 Å². The number of rotatable bonds is 83. The summed E-state index contributed by atoms with van der Waals surface area (Å²) in [6.07, 6.45) is 63.7. The van der Waals surface area contributed by atoms with Gasteiger partial charge in [-0.25, -0.2) is 9.13 Å². The Balaban J connectivity index is 5.26. The first kappa shape index (κ1) is 103. The van der Waals surface area contributed by atoms with Crippen LogP contribution in [0.3, 0.4) is 0 Å². The third-order valence-corrected chi connectivity index (χ3v) is 22.7. The van der Waals surface area contributed by atoms with Crippen molar-refractivity contribution in [1.82, 2.24) is 0 Å². The molecule has 19 heteroatoms. The molecule has 0 aliphatic carbocycles. The van der Waals surface area contributed by atoms with Crippen LogP contribution in [0, 0.1) is 23.7 Å². The molecule has 0 saturated heterocycles. The smallest absolute Gasteiger partial charge is 0.462 e. The lowest BCUT2D eigenvalue weighted by Gasteiger charge is -2.21. The fraction of sp³-hybridized carbons (Fsp3) is 0.953. The molecule has 0 aliphatic rings. The van der Waals surface area contributed by atoms with Gasteiger partial charge in [-0.1, -0.05) is 396 Å². The third-order valence-electron chi connectivity index (χ3n) is 20.8. The van der Waals surface area contributed by atoms with E-state index in [2.05, 4.69) is 55.4 Å². The van der Waals surface area contributed by atoms with E-state index in [1.54, 1.807) is 0 Å². The standard InChI is InChI=1S/C86H168O17P2/c1-9-78(7)64-56-48-40-31-25-19-14-16-21-27-33-42-50-58-66-83(88)96-72-81(102-85(90)68-60-52-44-34-28-22-13-11-12-18-24-30-38-46-54-62-76(3)4)74-100-104(92,93)98-70-80(87)71-99-105(94,95)101-75-82(73-97-84(89)67-59-51-43-37-36-39-47-55-63-77(5)6)103-86(91)69-61-53-45-35-29-23-17-15-20-26-32-41-49-57-65-79(8)10-2/h76-82,87H,9-75H2,1-8H3,(H,92,93)(H,94,95)/t78?,79?,80-,81-,82-/m1/s1. The summed E-state index contributed by atoms with van der Waals surface area (Å²) < 4.78 is 68.9. The summed E-state index contributed by atoms with van der Waals surface area (Å²) in [6.45, 7) is 14.4. The van der Waals surface area contributed by atoms with Gasteiger partial charge in [0.2, 0.25) is 0 Å². The van der Waals surface area contributed by atoms with E-state index in [1.807, 2.05) is 0 Å². The van der Waals surface area contributed by atoms with Crippen LogP contribution in [-0.4, -0.2) is 96.7 Å². The highest BCUT2D eigenvalue weighted by atomic mass is 31.2. The molecule has 0 heterocycles. The number of phosphoric ester groups is 2. The minimum Gasteiger partial charge on any atom is -0.462 e. The van der Waals surface area contributed by atoms with Gasteiger partial charge in [0, 0.05) is 25.7 Å². The van der Waals surface area contributed by atoms with Gasteiger partial charge in [0.1, 0.15) is 19.3 Å². The van der Waals surface area contributed by atoms with Gasteiger partial charge in [0.15, 0.2) is 12.2 Å². The molecular formula is C86H168O17P2. The van der Waals surface area contributed by atoms with Crippen LogP contribution < -0.4 is 0 Å². The number of phosphoric acid groups is 2. The van der Waals surface area contributed by atoms with Gasteiger partial charge in [0.25, 0.3) is 0 Å². The number of hydrogen-bond acceptors (Lipinski definition) is 15. The molecule has 0 saturated carbocycles. The summed E-state index contributed by atoms with van der Waals surface area (Å²) in [6, 6.07) is 0. The second-order valence-electron chi connectivity index (χ2n) is 32.4. The topological polar surface area (TPSA) is 237 Å². The van der Waals surface area contributed by atoms with Crippen LogP contribution in [0.4, 0.5) is 0 Å². The lowest BCUT2D eigenvalue weighted by molar-refractivity contribution is -0.161. The van der Waals surface area contributed by atoms with Crippen molar-refractivity contribution in [2.75, 3.05) is 39.6 Å². The second kappa shape index (κ2) is 74.8. The first-order valence-corrected chi connectivity index (χ1v) is 47.3. The summed E-state index contributed by atoms with van der Waals surface area (Å²) in [4.78, 5) is 73.3. The average molecular weight is 1540 g/mol. The van der Waals surface area contributed by atoms with Crippen molar-refractivity contribution in [2.24, 2.45) is 23.7 Å². The van der Waals surface area contributed by atoms with Gasteiger partial charge in [-0.3, -0.25) is 37.3 Å². The highest BCUT2D eigenvalue weighted by Crippen LogP contribution is 2.45. The maximum absolute atomic E-state index is 13.1. The van der Waals surface area contributed by atoms with E-state index in [4.69, 9.17) is 37.0 Å². The highest BCUT2D eigenvalue weighted by Gasteiger charge is 2.31. The maximum atomic E-state index is 13.1. The van der Waals surface area contributed by atoms with Gasteiger partial charge in [-0.2, -0.15) is 0 Å². The molecule has 0 bridgehead atoms. The Hall–Kier alpha value is -1.94. The molecule has 0 rings (SSSR count). The Morgan fingerprint density at radius 2 is 0.457 bits per heavy atom. The zero-order valence-corrected chi connectivity index (χ0v) is 71.2. The van der Waals surface area contributed by atoms with E-state index in [0.717, 1.165) is 114 Å². The van der Waals surface area contributed by atoms with Crippen LogP contribution in [0.5, 0.6) is 0 Å². The number of aliphatic hydroxyl groups excluding tert-OH is 1. The van der Waals surface area contributed by atoms with Crippen LogP contribution in [0.2, 0.25) is 0 Å². The SMILES string of the molecule is CCC(C)CCCCCCCCCCCCCCCCC(=O)OC[C@H](COP(=O)(O)OC[C@@H](O)COP(=O)(O)OC[C@@H](COC(=O)CCCCCCCCCCC(C)C)OC(=O)CCCCCCCCCCCCCCCCC(C)CC)OC(=O)CCCCCCCCCCCCCCCCCC(C)C. The predicted octanol–water partition coefficient (Wildman–Crippen LogP) is 25.9. The van der Waals surface area contributed by atoms with Crippen LogP contribution in [0.1, 0.15) is 447 Å². The zero-order valence-electron chi connectivity index (χ0n) is 69.4. The summed E-state index contributed by atoms with van der Waals surface area (Å²) in [5, 5.41) is 10.7. The van der Waals surface area contributed by atoms with Gasteiger partial charge >= 0.3 is 39.5 Å². The molecule has 624 valence electrons. The highest BCUT2D eigenvalue weighted by molar-refractivity contribution is 7.47. The van der Waals surface area contributed by atoms with E-state index < -0.39 is 97.5 Å². The van der Waals surface area contributed by atoms with Crippen molar-refractivity contribution >= 4 is 39.5 Å². The molecule has 4 unspecified atom stereocenters. The summed E-state index contributed by atoms with van der Waals surface area (Å²) in [5.74, 6) is 1.12. The molecule has 0 aromatic rings. The zero-order chi connectivity index (χ0) is 77.4. The van der Waals surface area contributed by atoms with Crippen molar-refractivity contribution in [3.8, 4) is 0 Å². The molecule has 0 spiro atoms. The van der Waals surface area contributed by atoms with E-state index in [0.29, 0.717) is 25.7 Å². The Labute approximate surface area is 645 Å². The minimum atomic E-state index is -4.97. The van der Waals surface area contributed by atoms with Gasteiger partial charge in [0.05, 0.1) is 26.4 Å². The van der Waals surface area contributed by atoms with Crippen molar-refractivity contribution in [3.05, 3.63) is 0 Å². The van der Waals surface area contributed by atoms with Crippen LogP contribution in [0.25, 0.3) is 0 Å². The molecule has 0 aromatic carbocycles. The van der Waals surface area contributed by atoms with E-state index in [-0.39, 0.29) is 25.7 Å². The molecule has 7 atom stereocenters. The summed E-state index contributed by atoms with van der Waals surface area (Å²) in [7, 11) is -9.93. The quantitative estimate of drug-likeness (QED) is 0.0222. The van der Waals surface area contributed by atoms with Crippen molar-refractivity contribution in [3.63, 3.8) is 0 Å². The summed E-state index contributed by atoms with van der Waals surface area (Å²) >= 11 is 0. The maximum Gasteiger partial charge on any atom is 0.472 e. The Morgan fingerprint density at radius 1 is 0.267 bits per heavy atom. The van der Waals surface area contributed by atoms with Gasteiger partial charge in [-0.05, 0) is 49.4 Å². The molecular weight excluding hydrogens is 1370 g/mol. The van der Waals surface area contributed by atoms with Crippen molar-refractivity contribution in [2.45, 2.75) is 465 Å². The lowest BCUT2D eigenvalue weighted by atomic mass is 9.99. The largest absolute Gasteiger partial charge is 0.472 e. The van der Waals surface area contributed by atoms with E-state index in [9.17, 15) is 43.2 Å². The lowest BCUT2D eigenvalue weighted by Crippen LogP contribution is -2.30. The molecule has 0 aliphatic heterocycles. The molecule has 3 N–H and O–H groups in total. The average Bonchev–Trinajstić information content (AvgIpc) is 0.963. The molecule has 17 nitrogen and oxygen atoms in total. The van der Waals surface area contributed by atoms with Crippen LogP contribution in [-0.2, 0) is 65.4 Å². The number of aliphatic hydroxyl groups is 1. The first-order valence-electron chi connectivity index (χ1n) is 44.3. The van der Waals surface area contributed by atoms with E-state index in [1.165, 1.54) is 250 Å². The monoisotopic (exact) mass is 1540 g/mol. The number of ether oxygens (including phenoxy) is 4. The number of unbranched alkanes of at least 4 members (excludes halogenated alkanes) is 47. The molecule has 0 aromatic heterocycles. The molecule has 0 amide bonds. The Bertz CT molecular complexity index is 2050. The molecule has 0 radical (unpaired) electrons. The number of esters is 4. The third kappa shape index (κ3) is 77.2. The fourth-order valence-electron chi connectivity index (χ4n) is 13.3. The number of hydrogen-bond donors (Lipinski definition) is 3. The van der Waals surface area contributed by atoms with Gasteiger partial charge in [-0.15, -0.1) is 0 Å². The normalized spacial score (nSPS) is 14.4. The number of carbonyl (C=O) groups excluding carboxylic acids is 4. The Morgan fingerprint density at radius 3 is 0.676 bits per heavy atom. The minimum absolute atomic E-state index is 0.107. The van der Waals surface area contributed by atoms with E-state index >= 15 is 0 Å². The van der Waals surface area contributed by atoms with Crippen molar-refractivity contribution < 1.29 is 80.2 Å². The second-order valence-corrected chi connectivity index (χ2v) is 35.3. The number of carbonyl (C=O) groups is 4. The van der Waals surface area contributed by atoms with Crippen molar-refractivity contribution in [1.29, 1.82) is 0 Å². The van der Waals surface area contributed by atoms with Crippen LogP contribution >= 0.6 is 15.6 Å². The predicted molar refractivity (Wildman–Crippen MR) is 432 cm³/mol.